The van der Waals surface area contributed by atoms with Crippen LogP contribution in [0.4, 0.5) is 0 Å². The predicted octanol–water partition coefficient (Wildman–Crippen LogP) is 2.88. The van der Waals surface area contributed by atoms with Crippen molar-refractivity contribution in [3.8, 4) is 0 Å². The van der Waals surface area contributed by atoms with E-state index in [2.05, 4.69) is 39.4 Å². The van der Waals surface area contributed by atoms with Gasteiger partial charge in [-0.15, -0.1) is 0 Å². The van der Waals surface area contributed by atoms with E-state index in [0.717, 1.165) is 44.9 Å². The highest BCUT2D eigenvalue weighted by molar-refractivity contribution is 5.93. The first-order valence-electron chi connectivity index (χ1n) is 10.1. The zero-order valence-corrected chi connectivity index (χ0v) is 15.7. The van der Waals surface area contributed by atoms with Crippen LogP contribution in [0.25, 0.3) is 0 Å². The Morgan fingerprint density at radius 3 is 2.67 bits per heavy atom. The largest absolute Gasteiger partial charge is 0.339 e. The molecule has 1 saturated heterocycles. The van der Waals surface area contributed by atoms with E-state index < -0.39 is 0 Å². The Labute approximate surface area is 160 Å². The van der Waals surface area contributed by atoms with Gasteiger partial charge in [0.1, 0.15) is 0 Å². The molecule has 1 saturated carbocycles. The van der Waals surface area contributed by atoms with Gasteiger partial charge in [-0.1, -0.05) is 24.3 Å². The van der Waals surface area contributed by atoms with E-state index in [1.807, 2.05) is 4.90 Å². The zero-order valence-electron chi connectivity index (χ0n) is 15.7. The fourth-order valence-corrected chi connectivity index (χ4v) is 4.95. The summed E-state index contributed by atoms with van der Waals surface area (Å²) in [7, 11) is 0. The number of likely N-dealkylation sites (tertiary alicyclic amines) is 1. The van der Waals surface area contributed by atoms with E-state index in [0.29, 0.717) is 5.56 Å². The number of rotatable bonds is 3. The van der Waals surface area contributed by atoms with Gasteiger partial charge < -0.3 is 4.90 Å². The Morgan fingerprint density at radius 2 is 1.93 bits per heavy atom. The number of benzene rings is 1. The molecule has 0 bridgehead atoms. The molecule has 5 heteroatoms. The fraction of sp³-hybridized carbons (Fsp3) is 0.500. The van der Waals surface area contributed by atoms with Crippen LogP contribution in [-0.2, 0) is 12.0 Å². The highest BCUT2D eigenvalue weighted by Crippen LogP contribution is 2.43. The van der Waals surface area contributed by atoms with Crippen molar-refractivity contribution >= 4 is 5.91 Å². The second kappa shape index (κ2) is 6.71. The molecule has 2 fully saturated rings. The predicted molar refractivity (Wildman–Crippen MR) is 103 cm³/mol. The maximum atomic E-state index is 12.8. The minimum atomic E-state index is 0.0821. The molecule has 5 nitrogen and oxygen atoms in total. The Balaban J connectivity index is 1.36. The molecular formula is C22H26N4O. The van der Waals surface area contributed by atoms with Crippen LogP contribution in [0.1, 0.15) is 47.2 Å². The van der Waals surface area contributed by atoms with Crippen molar-refractivity contribution in [2.45, 2.75) is 37.6 Å². The lowest BCUT2D eigenvalue weighted by Crippen LogP contribution is -2.53. The average Bonchev–Trinajstić information content (AvgIpc) is 3.53. The van der Waals surface area contributed by atoms with E-state index in [1.54, 1.807) is 18.5 Å². The van der Waals surface area contributed by atoms with Crippen molar-refractivity contribution in [2.75, 3.05) is 26.2 Å². The number of nitrogens with zero attached hydrogens (tertiary/aromatic N) is 4. The molecule has 3 aliphatic rings. The summed E-state index contributed by atoms with van der Waals surface area (Å²) >= 11 is 0. The molecule has 140 valence electrons. The van der Waals surface area contributed by atoms with Crippen LogP contribution in [0, 0.1) is 5.92 Å². The maximum Gasteiger partial charge on any atom is 0.255 e. The summed E-state index contributed by atoms with van der Waals surface area (Å²) in [6, 6.07) is 10.7. The normalized spacial score (nSPS) is 21.9. The number of fused-ring (bicyclic) bond motifs is 2. The minimum absolute atomic E-state index is 0.0821. The number of aromatic nitrogens is 2. The molecule has 1 amide bonds. The van der Waals surface area contributed by atoms with Crippen molar-refractivity contribution in [2.24, 2.45) is 5.92 Å². The topological polar surface area (TPSA) is 49.3 Å². The smallest absolute Gasteiger partial charge is 0.255 e. The van der Waals surface area contributed by atoms with Crippen molar-refractivity contribution in [3.63, 3.8) is 0 Å². The molecule has 1 aromatic heterocycles. The molecule has 0 N–H and O–H groups in total. The number of hydrogen-bond donors (Lipinski definition) is 0. The van der Waals surface area contributed by atoms with Gasteiger partial charge >= 0.3 is 0 Å². The molecule has 0 radical (unpaired) electrons. The molecular weight excluding hydrogens is 336 g/mol. The quantitative estimate of drug-likeness (QED) is 0.842. The van der Waals surface area contributed by atoms with Crippen LogP contribution in [0.2, 0.25) is 0 Å². The monoisotopic (exact) mass is 362 g/mol. The molecule has 0 unspecified atom stereocenters. The molecule has 2 aliphatic heterocycles. The second-order valence-corrected chi connectivity index (χ2v) is 8.47. The zero-order chi connectivity index (χ0) is 18.3. The van der Waals surface area contributed by atoms with E-state index in [4.69, 9.17) is 0 Å². The number of amides is 1. The van der Waals surface area contributed by atoms with Crippen molar-refractivity contribution in [1.29, 1.82) is 0 Å². The summed E-state index contributed by atoms with van der Waals surface area (Å²) in [5.41, 5.74) is 3.84. The highest BCUT2D eigenvalue weighted by Gasteiger charge is 2.43. The third-order valence-electron chi connectivity index (χ3n) is 6.56. The lowest BCUT2D eigenvalue weighted by atomic mass is 9.68. The van der Waals surface area contributed by atoms with Crippen molar-refractivity contribution in [3.05, 3.63) is 59.4 Å². The first-order chi connectivity index (χ1) is 13.2. The Kier molecular flexibility index (Phi) is 4.20. The van der Waals surface area contributed by atoms with Crippen LogP contribution in [-0.4, -0.2) is 52.1 Å². The average molecular weight is 362 g/mol. The first-order valence-corrected chi connectivity index (χ1v) is 10.1. The van der Waals surface area contributed by atoms with Gasteiger partial charge in [0.25, 0.3) is 5.91 Å². The van der Waals surface area contributed by atoms with Gasteiger partial charge in [-0.3, -0.25) is 9.69 Å². The van der Waals surface area contributed by atoms with Crippen molar-refractivity contribution < 1.29 is 4.79 Å². The number of carbonyl (C=O) groups excluding carboxylic acids is 1. The van der Waals surface area contributed by atoms with Crippen LogP contribution in [0.15, 0.2) is 42.7 Å². The molecule has 0 atom stereocenters. The molecule has 5 rings (SSSR count). The van der Waals surface area contributed by atoms with Gasteiger partial charge in [-0.2, -0.15) is 10.2 Å². The lowest BCUT2D eigenvalue weighted by molar-refractivity contribution is 0.0589. The van der Waals surface area contributed by atoms with Gasteiger partial charge in [-0.25, -0.2) is 0 Å². The van der Waals surface area contributed by atoms with Gasteiger partial charge in [0.15, 0.2) is 0 Å². The Morgan fingerprint density at radius 1 is 1.11 bits per heavy atom. The summed E-state index contributed by atoms with van der Waals surface area (Å²) in [5.74, 6) is 0.992. The lowest BCUT2D eigenvalue weighted by Gasteiger charge is -2.49. The van der Waals surface area contributed by atoms with Crippen molar-refractivity contribution in [1.82, 2.24) is 20.0 Å². The maximum absolute atomic E-state index is 12.8. The molecule has 1 spiro atoms. The van der Waals surface area contributed by atoms with Gasteiger partial charge in [-0.05, 0) is 48.8 Å². The van der Waals surface area contributed by atoms with E-state index in [-0.39, 0.29) is 11.3 Å². The van der Waals surface area contributed by atoms with Gasteiger partial charge in [0.2, 0.25) is 0 Å². The third-order valence-corrected chi connectivity index (χ3v) is 6.56. The molecule has 1 aromatic carbocycles. The molecule has 3 heterocycles. The summed E-state index contributed by atoms with van der Waals surface area (Å²) in [6.45, 7) is 5.08. The Bertz CT molecular complexity index is 825. The van der Waals surface area contributed by atoms with Gasteiger partial charge in [0.05, 0.1) is 18.0 Å². The number of carbonyl (C=O) groups is 1. The summed E-state index contributed by atoms with van der Waals surface area (Å²) in [6.07, 6.45) is 8.03. The first kappa shape index (κ1) is 16.9. The standard InChI is InChI=1S/C22H26N4O/c27-21(18-7-10-23-24-13-18)26-11-8-22(9-12-26)16-25(14-17-5-6-17)15-19-3-1-2-4-20(19)22/h1-4,7,10,13,17H,5-6,8-9,11-12,14-16H2. The molecule has 1 aliphatic carbocycles. The van der Waals surface area contributed by atoms with Crippen LogP contribution < -0.4 is 0 Å². The fourth-order valence-electron chi connectivity index (χ4n) is 4.95. The molecule has 2 aromatic rings. The highest BCUT2D eigenvalue weighted by atomic mass is 16.2. The minimum Gasteiger partial charge on any atom is -0.339 e. The second-order valence-electron chi connectivity index (χ2n) is 8.47. The molecule has 27 heavy (non-hydrogen) atoms. The number of piperidine rings is 1. The SMILES string of the molecule is O=C(c1ccnnc1)N1CCC2(CC1)CN(CC1CC1)Cc1ccccc12. The van der Waals surface area contributed by atoms with Crippen LogP contribution in [0.5, 0.6) is 0 Å². The summed E-state index contributed by atoms with van der Waals surface area (Å²) in [5, 5.41) is 7.63. The third kappa shape index (κ3) is 3.25. The number of hydrogen-bond acceptors (Lipinski definition) is 4. The summed E-state index contributed by atoms with van der Waals surface area (Å²) in [4.78, 5) is 17.4. The van der Waals surface area contributed by atoms with Crippen LogP contribution in [0.3, 0.4) is 0 Å². The summed E-state index contributed by atoms with van der Waals surface area (Å²) < 4.78 is 0. The van der Waals surface area contributed by atoms with Crippen LogP contribution >= 0.6 is 0 Å². The van der Waals surface area contributed by atoms with E-state index >= 15 is 0 Å². The van der Waals surface area contributed by atoms with E-state index in [9.17, 15) is 4.79 Å². The van der Waals surface area contributed by atoms with E-state index in [1.165, 1.54) is 30.5 Å². The van der Waals surface area contributed by atoms with Gasteiger partial charge in [0, 0.05) is 38.1 Å². The Hall–Kier alpha value is -2.27.